The van der Waals surface area contributed by atoms with Crippen LogP contribution in [0.1, 0.15) is 221 Å². The van der Waals surface area contributed by atoms with E-state index in [4.69, 9.17) is 17.5 Å². The highest BCUT2D eigenvalue weighted by Gasteiger charge is 2.24. The number of quaternary nitrogens is 2. The van der Waals surface area contributed by atoms with Gasteiger partial charge in [-0.2, -0.15) is 0 Å². The Hall–Kier alpha value is 0.0800. The standard InChI is InChI=1S/C26H56N.C16H36N.ClH.H2O4S/c1-5-7-9-11-13-15-17-19-21-23-25-27(3,4)26-24-22-20-18-16-14-12-10-8-6-2;1-5-9-13-17(14-10-6-2,15-11-7-3)16-12-8-4;;1-5(2,3)4/h5-26H2,1-4H3;5-16H2,1-4H3;1H;(H2,1,2,3,4)/q2*+1;;/p-2. The summed E-state index contributed by atoms with van der Waals surface area (Å²) in [4.78, 5) is 0. The third-order valence-corrected chi connectivity index (χ3v) is 10.2. The second-order valence-electron chi connectivity index (χ2n) is 15.8. The molecule has 50 heavy (non-hydrogen) atoms. The zero-order valence-corrected chi connectivity index (χ0v) is 37.0. The molecule has 0 saturated heterocycles. The highest BCUT2D eigenvalue weighted by atomic mass is 35.5. The van der Waals surface area contributed by atoms with Crippen molar-refractivity contribution in [2.45, 2.75) is 221 Å². The number of rotatable bonds is 34. The molecule has 0 radical (unpaired) electrons. The Bertz CT molecular complexity index is 666. The van der Waals surface area contributed by atoms with Crippen LogP contribution in [0.15, 0.2) is 0 Å². The number of nitrogens with zero attached hydrogens (tertiary/aromatic N) is 2. The van der Waals surface area contributed by atoms with Crippen molar-refractivity contribution in [3.05, 3.63) is 0 Å². The lowest BCUT2D eigenvalue weighted by molar-refractivity contribution is -0.929. The minimum Gasteiger partial charge on any atom is -1.00 e. The molecular weight excluding hydrogens is 664 g/mol. The van der Waals surface area contributed by atoms with Crippen LogP contribution in [-0.2, 0) is 10.4 Å². The van der Waals surface area contributed by atoms with Gasteiger partial charge >= 0.3 is 0 Å². The molecule has 0 aromatic rings. The first-order valence-corrected chi connectivity index (χ1v) is 23.1. The van der Waals surface area contributed by atoms with Crippen molar-refractivity contribution in [3.63, 3.8) is 0 Å². The van der Waals surface area contributed by atoms with Gasteiger partial charge in [0.2, 0.25) is 10.4 Å². The fraction of sp³-hybridized carbons (Fsp3) is 1.00. The van der Waals surface area contributed by atoms with Gasteiger partial charge in [0.05, 0.1) is 53.4 Å². The molecule has 0 rings (SSSR count). The second-order valence-corrected chi connectivity index (χ2v) is 16.7. The average molecular weight is 758 g/mol. The van der Waals surface area contributed by atoms with Crippen LogP contribution in [0.5, 0.6) is 0 Å². The molecule has 0 unspecified atom stereocenters. The molecule has 0 spiro atoms. The minimum atomic E-state index is -4.92. The van der Waals surface area contributed by atoms with Crippen molar-refractivity contribution in [2.75, 3.05) is 53.4 Å². The number of hydrogen-bond donors (Lipinski definition) is 1. The lowest BCUT2D eigenvalue weighted by atomic mass is 10.1. The Balaban J connectivity index is -0.000000392. The first kappa shape index (κ1) is 56.8. The molecule has 0 aliphatic rings. The number of hydrogen-bond acceptors (Lipinski definition) is 3. The van der Waals surface area contributed by atoms with E-state index in [-0.39, 0.29) is 12.4 Å². The Kier molecular flexibility index (Phi) is 47.5. The van der Waals surface area contributed by atoms with Crippen LogP contribution < -0.4 is 12.4 Å². The number of halogens is 1. The maximum absolute atomic E-state index is 8.63. The molecule has 0 aliphatic heterocycles. The van der Waals surface area contributed by atoms with E-state index in [1.54, 1.807) is 0 Å². The summed E-state index contributed by atoms with van der Waals surface area (Å²) < 4.78 is 35.5. The van der Waals surface area contributed by atoms with Gasteiger partial charge in [0.15, 0.2) is 0 Å². The van der Waals surface area contributed by atoms with Crippen LogP contribution in [-0.4, -0.2) is 79.9 Å². The van der Waals surface area contributed by atoms with E-state index >= 15 is 0 Å². The Morgan fingerprint density at radius 2 is 0.560 bits per heavy atom. The first-order chi connectivity index (χ1) is 23.4. The third kappa shape index (κ3) is 50.2. The van der Waals surface area contributed by atoms with Crippen molar-refractivity contribution >= 4 is 10.4 Å². The van der Waals surface area contributed by atoms with Gasteiger partial charge in [0, 0.05) is 0 Å². The summed E-state index contributed by atoms with van der Waals surface area (Å²) >= 11 is 0. The Morgan fingerprint density at radius 1 is 0.380 bits per heavy atom. The van der Waals surface area contributed by atoms with Gasteiger partial charge in [0.1, 0.15) is 0 Å². The smallest absolute Gasteiger partial charge is 0.215 e. The molecular formula is C42H93ClN2O4S. The lowest BCUT2D eigenvalue weighted by Crippen LogP contribution is -3.00. The lowest BCUT2D eigenvalue weighted by Gasteiger charge is -2.39. The van der Waals surface area contributed by atoms with E-state index in [0.29, 0.717) is 0 Å². The molecule has 308 valence electrons. The molecule has 0 atom stereocenters. The molecule has 0 saturated carbocycles. The van der Waals surface area contributed by atoms with Crippen molar-refractivity contribution in [3.8, 4) is 0 Å². The predicted octanol–water partition coefficient (Wildman–Crippen LogP) is 9.92. The maximum atomic E-state index is 8.63. The van der Waals surface area contributed by atoms with Crippen molar-refractivity contribution in [1.29, 1.82) is 0 Å². The molecule has 0 amide bonds. The molecule has 0 aromatic heterocycles. The highest BCUT2D eigenvalue weighted by Crippen LogP contribution is 2.17. The van der Waals surface area contributed by atoms with Gasteiger partial charge in [-0.15, -0.1) is 0 Å². The van der Waals surface area contributed by atoms with Crippen molar-refractivity contribution < 1.29 is 38.9 Å². The molecule has 0 aliphatic carbocycles. The maximum Gasteiger partial charge on any atom is 0.215 e. The van der Waals surface area contributed by atoms with E-state index in [9.17, 15) is 0 Å². The SMILES string of the molecule is CCCCCCCCCCCC[N+](C)(C)CCCCCCCCCCCC.CCCC[N+](CCCC)(CCCC)CCCC.O=S(=O)([O-])O.[Cl-]. The molecule has 0 bridgehead atoms. The normalized spacial score (nSPS) is 11.7. The summed E-state index contributed by atoms with van der Waals surface area (Å²) in [6, 6.07) is 0. The zero-order chi connectivity index (χ0) is 37.5. The topological polar surface area (TPSA) is 77.4 Å². The van der Waals surface area contributed by atoms with Crippen molar-refractivity contribution in [2.24, 2.45) is 0 Å². The summed E-state index contributed by atoms with van der Waals surface area (Å²) in [5, 5.41) is 0. The van der Waals surface area contributed by atoms with Crippen LogP contribution >= 0.6 is 0 Å². The zero-order valence-electron chi connectivity index (χ0n) is 35.4. The van der Waals surface area contributed by atoms with Gasteiger partial charge in [0.25, 0.3) is 0 Å². The Morgan fingerprint density at radius 3 is 0.760 bits per heavy atom. The summed E-state index contributed by atoms with van der Waals surface area (Å²) in [5.74, 6) is 0. The van der Waals surface area contributed by atoms with Gasteiger partial charge < -0.3 is 25.9 Å². The molecule has 0 aromatic carbocycles. The second kappa shape index (κ2) is 41.8. The summed E-state index contributed by atoms with van der Waals surface area (Å²) in [6.07, 6.45) is 40.1. The van der Waals surface area contributed by atoms with Gasteiger partial charge in [-0.3, -0.25) is 4.55 Å². The van der Waals surface area contributed by atoms with Gasteiger partial charge in [-0.05, 0) is 51.4 Å². The third-order valence-electron chi connectivity index (χ3n) is 10.2. The summed E-state index contributed by atoms with van der Waals surface area (Å²) in [7, 11) is -0.0249. The molecule has 6 nitrogen and oxygen atoms in total. The predicted molar refractivity (Wildman–Crippen MR) is 217 cm³/mol. The first-order valence-electron chi connectivity index (χ1n) is 21.7. The van der Waals surface area contributed by atoms with Crippen LogP contribution in [0.4, 0.5) is 0 Å². The van der Waals surface area contributed by atoms with E-state index in [1.165, 1.54) is 228 Å². The van der Waals surface area contributed by atoms with Crippen molar-refractivity contribution in [1.82, 2.24) is 0 Å². The van der Waals surface area contributed by atoms with E-state index in [0.717, 1.165) is 0 Å². The quantitative estimate of drug-likeness (QED) is 0.0307. The monoisotopic (exact) mass is 757 g/mol. The Labute approximate surface area is 322 Å². The van der Waals surface area contributed by atoms with Crippen LogP contribution in [0.2, 0.25) is 0 Å². The largest absolute Gasteiger partial charge is 1.00 e. The van der Waals surface area contributed by atoms with Crippen LogP contribution in [0.3, 0.4) is 0 Å². The molecule has 0 heterocycles. The van der Waals surface area contributed by atoms with Crippen LogP contribution in [0, 0.1) is 0 Å². The summed E-state index contributed by atoms with van der Waals surface area (Å²) in [5.41, 5.74) is 0. The highest BCUT2D eigenvalue weighted by molar-refractivity contribution is 7.79. The summed E-state index contributed by atoms with van der Waals surface area (Å²) in [6.45, 7) is 22.4. The van der Waals surface area contributed by atoms with E-state index in [1.807, 2.05) is 0 Å². The van der Waals surface area contributed by atoms with Crippen LogP contribution in [0.25, 0.3) is 0 Å². The fourth-order valence-electron chi connectivity index (χ4n) is 6.81. The van der Waals surface area contributed by atoms with Gasteiger partial charge in [-0.1, -0.05) is 170 Å². The molecule has 0 fully saturated rings. The molecule has 8 heteroatoms. The van der Waals surface area contributed by atoms with E-state index in [2.05, 4.69) is 55.6 Å². The van der Waals surface area contributed by atoms with Gasteiger partial charge in [-0.25, -0.2) is 8.42 Å². The minimum absolute atomic E-state index is 0. The fourth-order valence-corrected chi connectivity index (χ4v) is 6.81. The van der Waals surface area contributed by atoms with E-state index < -0.39 is 10.4 Å². The number of unbranched alkanes of at least 4 members (excludes halogenated alkanes) is 22. The molecule has 1 N–H and O–H groups in total. The average Bonchev–Trinajstić information content (AvgIpc) is 3.05.